The number of amides is 2. The highest BCUT2D eigenvalue weighted by molar-refractivity contribution is 6.10. The minimum Gasteiger partial charge on any atom is -0.469 e. The Morgan fingerprint density at radius 1 is 1.35 bits per heavy atom. The lowest BCUT2D eigenvalue weighted by Crippen LogP contribution is -2.41. The zero-order valence-electron chi connectivity index (χ0n) is 11.4. The molecule has 1 atom stereocenters. The molecule has 0 unspecified atom stereocenters. The summed E-state index contributed by atoms with van der Waals surface area (Å²) in [5.74, 6) is -1.05. The van der Waals surface area contributed by atoms with Crippen molar-refractivity contribution in [3.05, 3.63) is 29.3 Å². The van der Waals surface area contributed by atoms with Gasteiger partial charge in [-0.25, -0.2) is 0 Å². The summed E-state index contributed by atoms with van der Waals surface area (Å²) in [6, 6.07) is 4.52. The van der Waals surface area contributed by atoms with Gasteiger partial charge in [-0.15, -0.1) is 0 Å². The first-order chi connectivity index (χ1) is 9.52. The maximum Gasteiger partial charge on any atom is 0.305 e. The molecule has 1 heterocycles. The van der Waals surface area contributed by atoms with Crippen LogP contribution in [0.15, 0.2) is 18.2 Å². The number of ether oxygens (including phenoxy) is 1. The Hall–Kier alpha value is -2.37. The van der Waals surface area contributed by atoms with Crippen LogP contribution in [0, 0.1) is 6.92 Å². The molecule has 1 aliphatic rings. The van der Waals surface area contributed by atoms with E-state index in [-0.39, 0.29) is 24.7 Å². The highest BCUT2D eigenvalue weighted by Crippen LogP contribution is 2.22. The molecule has 0 saturated heterocycles. The molecule has 6 nitrogen and oxygen atoms in total. The fraction of sp³-hybridized carbons (Fsp3) is 0.357. The molecule has 2 rings (SSSR count). The van der Waals surface area contributed by atoms with Gasteiger partial charge in [0.25, 0.3) is 5.91 Å². The van der Waals surface area contributed by atoms with Crippen LogP contribution in [0.4, 0.5) is 5.69 Å². The second kappa shape index (κ2) is 5.73. The Labute approximate surface area is 116 Å². The van der Waals surface area contributed by atoms with E-state index in [1.807, 2.05) is 0 Å². The summed E-state index contributed by atoms with van der Waals surface area (Å²) in [5, 5.41) is 5.36. The van der Waals surface area contributed by atoms with Crippen LogP contribution >= 0.6 is 0 Å². The fourth-order valence-electron chi connectivity index (χ4n) is 2.16. The number of nitrogens with one attached hydrogen (secondary N) is 2. The van der Waals surface area contributed by atoms with Gasteiger partial charge in [0.2, 0.25) is 5.91 Å². The van der Waals surface area contributed by atoms with Crippen LogP contribution in [0.2, 0.25) is 0 Å². The monoisotopic (exact) mass is 276 g/mol. The lowest BCUT2D eigenvalue weighted by molar-refractivity contribution is -0.140. The van der Waals surface area contributed by atoms with E-state index in [0.717, 1.165) is 5.56 Å². The Bertz CT molecular complexity index is 568. The zero-order valence-corrected chi connectivity index (χ0v) is 11.4. The summed E-state index contributed by atoms with van der Waals surface area (Å²) in [4.78, 5) is 35.4. The number of methoxy groups -OCH3 is 1. The van der Waals surface area contributed by atoms with Gasteiger partial charge in [-0.3, -0.25) is 14.4 Å². The van der Waals surface area contributed by atoms with Crippen molar-refractivity contribution in [3.8, 4) is 0 Å². The molecule has 2 N–H and O–H groups in total. The normalized spacial score (nSPS) is 17.6. The third kappa shape index (κ3) is 2.79. The molecule has 0 spiro atoms. The van der Waals surface area contributed by atoms with Crippen molar-refractivity contribution in [3.63, 3.8) is 0 Å². The van der Waals surface area contributed by atoms with Crippen molar-refractivity contribution in [2.45, 2.75) is 25.8 Å². The summed E-state index contributed by atoms with van der Waals surface area (Å²) in [6.45, 7) is 1.80. The Morgan fingerprint density at radius 2 is 2.10 bits per heavy atom. The van der Waals surface area contributed by atoms with Crippen molar-refractivity contribution >= 4 is 23.5 Å². The number of anilines is 1. The average molecular weight is 276 g/mol. The number of rotatable bonds is 3. The van der Waals surface area contributed by atoms with Gasteiger partial charge in [-0.1, -0.05) is 12.1 Å². The van der Waals surface area contributed by atoms with E-state index in [1.54, 1.807) is 25.1 Å². The van der Waals surface area contributed by atoms with E-state index in [2.05, 4.69) is 15.4 Å². The minimum atomic E-state index is -0.742. The summed E-state index contributed by atoms with van der Waals surface area (Å²) < 4.78 is 4.53. The molecule has 0 aromatic heterocycles. The number of carbonyl (C=O) groups excluding carboxylic acids is 3. The highest BCUT2D eigenvalue weighted by atomic mass is 16.5. The molecule has 0 fully saturated rings. The predicted octanol–water partition coefficient (Wildman–Crippen LogP) is 0.999. The van der Waals surface area contributed by atoms with Gasteiger partial charge in [0, 0.05) is 6.42 Å². The van der Waals surface area contributed by atoms with E-state index in [4.69, 9.17) is 0 Å². The van der Waals surface area contributed by atoms with Gasteiger partial charge in [0.05, 0.1) is 18.4 Å². The number of carbonyl (C=O) groups is 3. The van der Waals surface area contributed by atoms with Gasteiger partial charge in [-0.2, -0.15) is 0 Å². The van der Waals surface area contributed by atoms with E-state index in [1.165, 1.54) is 7.11 Å². The molecule has 0 bridgehead atoms. The quantitative estimate of drug-likeness (QED) is 0.807. The summed E-state index contributed by atoms with van der Waals surface area (Å²) >= 11 is 0. The molecule has 6 heteroatoms. The average Bonchev–Trinajstić information content (AvgIpc) is 2.54. The maximum atomic E-state index is 12.2. The number of aryl methyl sites for hydroxylation is 1. The van der Waals surface area contributed by atoms with Crippen molar-refractivity contribution in [2.24, 2.45) is 0 Å². The first kappa shape index (κ1) is 14.0. The summed E-state index contributed by atoms with van der Waals surface area (Å²) in [6.07, 6.45) is 0.279. The lowest BCUT2D eigenvalue weighted by atomic mass is 10.1. The van der Waals surface area contributed by atoms with Crippen molar-refractivity contribution in [2.75, 3.05) is 12.4 Å². The Kier molecular flexibility index (Phi) is 4.02. The number of hydrogen-bond acceptors (Lipinski definition) is 4. The molecular formula is C14H16N2O4. The Morgan fingerprint density at radius 3 is 2.80 bits per heavy atom. The van der Waals surface area contributed by atoms with E-state index in [0.29, 0.717) is 11.3 Å². The minimum absolute atomic E-state index is 0.0736. The molecule has 20 heavy (non-hydrogen) atoms. The van der Waals surface area contributed by atoms with Crippen molar-refractivity contribution in [1.29, 1.82) is 0 Å². The number of hydrogen-bond donors (Lipinski definition) is 2. The van der Waals surface area contributed by atoms with Gasteiger partial charge in [-0.05, 0) is 25.0 Å². The second-order valence-electron chi connectivity index (χ2n) is 4.63. The molecule has 1 aromatic carbocycles. The second-order valence-corrected chi connectivity index (χ2v) is 4.63. The zero-order chi connectivity index (χ0) is 14.7. The van der Waals surface area contributed by atoms with Gasteiger partial charge >= 0.3 is 5.97 Å². The largest absolute Gasteiger partial charge is 0.469 e. The van der Waals surface area contributed by atoms with Gasteiger partial charge in [0.15, 0.2) is 0 Å². The standard InChI is InChI=1S/C14H16N2O4/c1-8-4-3-5-9-12(8)14(19)16-10(13(18)15-9)6-7-11(17)20-2/h3-5,10H,6-7H2,1-2H3,(H,15,18)(H,16,19)/t10-/m0/s1. The highest BCUT2D eigenvalue weighted by Gasteiger charge is 2.28. The van der Waals surface area contributed by atoms with E-state index < -0.39 is 12.0 Å². The number of benzene rings is 1. The smallest absolute Gasteiger partial charge is 0.305 e. The third-order valence-corrected chi connectivity index (χ3v) is 3.24. The maximum absolute atomic E-state index is 12.2. The van der Waals surface area contributed by atoms with Crippen molar-refractivity contribution < 1.29 is 19.1 Å². The van der Waals surface area contributed by atoms with Crippen LogP contribution in [-0.4, -0.2) is 30.9 Å². The van der Waals surface area contributed by atoms with Gasteiger partial charge in [0.1, 0.15) is 6.04 Å². The first-order valence-electron chi connectivity index (χ1n) is 6.31. The molecule has 1 aliphatic heterocycles. The molecule has 1 aromatic rings. The first-order valence-corrected chi connectivity index (χ1v) is 6.31. The van der Waals surface area contributed by atoms with E-state index >= 15 is 0 Å². The third-order valence-electron chi connectivity index (χ3n) is 3.24. The lowest BCUT2D eigenvalue weighted by Gasteiger charge is -2.13. The van der Waals surface area contributed by atoms with Crippen LogP contribution in [0.5, 0.6) is 0 Å². The summed E-state index contributed by atoms with van der Waals surface area (Å²) in [5.41, 5.74) is 1.74. The fourth-order valence-corrected chi connectivity index (χ4v) is 2.16. The number of fused-ring (bicyclic) bond motifs is 1. The summed E-state index contributed by atoms with van der Waals surface area (Å²) in [7, 11) is 1.29. The van der Waals surface area contributed by atoms with E-state index in [9.17, 15) is 14.4 Å². The van der Waals surface area contributed by atoms with Crippen LogP contribution in [0.25, 0.3) is 0 Å². The topological polar surface area (TPSA) is 84.5 Å². The number of esters is 1. The molecule has 2 amide bonds. The molecular weight excluding hydrogens is 260 g/mol. The van der Waals surface area contributed by atoms with Crippen LogP contribution in [0.3, 0.4) is 0 Å². The molecule has 0 aliphatic carbocycles. The molecule has 0 radical (unpaired) electrons. The van der Waals surface area contributed by atoms with Crippen molar-refractivity contribution in [1.82, 2.24) is 5.32 Å². The van der Waals surface area contributed by atoms with Gasteiger partial charge < -0.3 is 15.4 Å². The van der Waals surface area contributed by atoms with Crippen LogP contribution in [-0.2, 0) is 14.3 Å². The Balaban J connectivity index is 2.19. The van der Waals surface area contributed by atoms with Crippen LogP contribution in [0.1, 0.15) is 28.8 Å². The van der Waals surface area contributed by atoms with Crippen LogP contribution < -0.4 is 10.6 Å². The molecule has 106 valence electrons. The molecule has 0 saturated carbocycles. The SMILES string of the molecule is COC(=O)CC[C@@H]1NC(=O)c2c(C)cccc2NC1=O. The predicted molar refractivity (Wildman–Crippen MR) is 72.3 cm³/mol.